The molecule has 0 saturated heterocycles. The van der Waals surface area contributed by atoms with Gasteiger partial charge >= 0.3 is 0 Å². The SMILES string of the molecule is CCN(CC(=O)NCc1cccs1)C(=O)C[C@H](NC(C)=O)c1ccccc1. The maximum atomic E-state index is 12.7. The van der Waals surface area contributed by atoms with Gasteiger partial charge in [-0.3, -0.25) is 14.4 Å². The first-order valence-corrected chi connectivity index (χ1v) is 9.76. The number of carbonyl (C=O) groups is 3. The molecule has 0 aliphatic carbocycles. The van der Waals surface area contributed by atoms with E-state index in [-0.39, 0.29) is 30.7 Å². The van der Waals surface area contributed by atoms with Gasteiger partial charge in [0, 0.05) is 18.3 Å². The minimum atomic E-state index is -0.417. The van der Waals surface area contributed by atoms with E-state index in [1.165, 1.54) is 11.8 Å². The van der Waals surface area contributed by atoms with Crippen molar-refractivity contribution in [3.05, 3.63) is 58.3 Å². The summed E-state index contributed by atoms with van der Waals surface area (Å²) in [6.07, 6.45) is 0.107. The van der Waals surface area contributed by atoms with Crippen LogP contribution in [0.3, 0.4) is 0 Å². The lowest BCUT2D eigenvalue weighted by molar-refractivity contribution is -0.136. The van der Waals surface area contributed by atoms with Crippen molar-refractivity contribution in [1.82, 2.24) is 15.5 Å². The number of hydrogen-bond donors (Lipinski definition) is 2. The third kappa shape index (κ3) is 6.86. The van der Waals surface area contributed by atoms with Crippen LogP contribution in [0.4, 0.5) is 0 Å². The smallest absolute Gasteiger partial charge is 0.239 e. The zero-order valence-electron chi connectivity index (χ0n) is 15.6. The molecular formula is C20H25N3O3S. The normalized spacial score (nSPS) is 11.5. The Bertz CT molecular complexity index is 747. The molecule has 1 aromatic carbocycles. The van der Waals surface area contributed by atoms with Crippen LogP contribution in [-0.2, 0) is 20.9 Å². The Labute approximate surface area is 163 Å². The average Bonchev–Trinajstić information content (AvgIpc) is 3.17. The van der Waals surface area contributed by atoms with E-state index in [4.69, 9.17) is 0 Å². The molecule has 1 heterocycles. The van der Waals surface area contributed by atoms with Crippen LogP contribution in [0, 0.1) is 0 Å². The lowest BCUT2D eigenvalue weighted by atomic mass is 10.0. The van der Waals surface area contributed by atoms with Crippen LogP contribution in [-0.4, -0.2) is 35.7 Å². The summed E-state index contributed by atoms with van der Waals surface area (Å²) >= 11 is 1.57. The summed E-state index contributed by atoms with van der Waals surface area (Å²) in [5.41, 5.74) is 0.860. The largest absolute Gasteiger partial charge is 0.350 e. The fourth-order valence-electron chi connectivity index (χ4n) is 2.69. The Morgan fingerprint density at radius 1 is 1.11 bits per heavy atom. The molecule has 1 aromatic heterocycles. The van der Waals surface area contributed by atoms with Gasteiger partial charge in [0.15, 0.2) is 0 Å². The van der Waals surface area contributed by atoms with E-state index >= 15 is 0 Å². The van der Waals surface area contributed by atoms with E-state index in [0.29, 0.717) is 13.1 Å². The van der Waals surface area contributed by atoms with Gasteiger partial charge in [-0.15, -0.1) is 11.3 Å². The Morgan fingerprint density at radius 2 is 1.85 bits per heavy atom. The van der Waals surface area contributed by atoms with Gasteiger partial charge in [0.05, 0.1) is 25.6 Å². The van der Waals surface area contributed by atoms with Gasteiger partial charge in [-0.1, -0.05) is 36.4 Å². The molecule has 0 saturated carbocycles. The highest BCUT2D eigenvalue weighted by Gasteiger charge is 2.22. The number of thiophene rings is 1. The summed E-state index contributed by atoms with van der Waals surface area (Å²) in [7, 11) is 0. The fourth-order valence-corrected chi connectivity index (χ4v) is 3.34. The van der Waals surface area contributed by atoms with Crippen LogP contribution in [0.15, 0.2) is 47.8 Å². The monoisotopic (exact) mass is 387 g/mol. The molecular weight excluding hydrogens is 362 g/mol. The minimum Gasteiger partial charge on any atom is -0.350 e. The molecule has 2 N–H and O–H groups in total. The highest BCUT2D eigenvalue weighted by molar-refractivity contribution is 7.09. The lowest BCUT2D eigenvalue weighted by Crippen LogP contribution is -2.42. The van der Waals surface area contributed by atoms with Crippen molar-refractivity contribution in [2.45, 2.75) is 32.9 Å². The third-order valence-corrected chi connectivity index (χ3v) is 4.94. The van der Waals surface area contributed by atoms with Gasteiger partial charge in [0.25, 0.3) is 0 Å². The first-order valence-electron chi connectivity index (χ1n) is 8.88. The maximum absolute atomic E-state index is 12.7. The first kappa shape index (κ1) is 20.6. The fraction of sp³-hybridized carbons (Fsp3) is 0.350. The van der Waals surface area contributed by atoms with Crippen molar-refractivity contribution in [3.63, 3.8) is 0 Å². The lowest BCUT2D eigenvalue weighted by Gasteiger charge is -2.24. The minimum absolute atomic E-state index is 0.00227. The van der Waals surface area contributed by atoms with E-state index in [0.717, 1.165) is 10.4 Å². The summed E-state index contributed by atoms with van der Waals surface area (Å²) in [6, 6.07) is 12.8. The number of benzene rings is 1. The van der Waals surface area contributed by atoms with Gasteiger partial charge < -0.3 is 15.5 Å². The van der Waals surface area contributed by atoms with Gasteiger partial charge in [0.2, 0.25) is 17.7 Å². The van der Waals surface area contributed by atoms with Crippen LogP contribution < -0.4 is 10.6 Å². The predicted molar refractivity (Wildman–Crippen MR) is 106 cm³/mol. The zero-order valence-corrected chi connectivity index (χ0v) is 16.4. The highest BCUT2D eigenvalue weighted by atomic mass is 32.1. The van der Waals surface area contributed by atoms with Crippen LogP contribution in [0.25, 0.3) is 0 Å². The van der Waals surface area contributed by atoms with E-state index in [1.54, 1.807) is 11.3 Å². The molecule has 2 aromatic rings. The Balaban J connectivity index is 1.94. The number of carbonyl (C=O) groups excluding carboxylic acids is 3. The van der Waals surface area contributed by atoms with E-state index in [1.807, 2.05) is 54.8 Å². The summed E-state index contributed by atoms with van der Waals surface area (Å²) in [6.45, 7) is 4.15. The molecule has 0 aliphatic rings. The molecule has 144 valence electrons. The molecule has 0 aliphatic heterocycles. The molecule has 6 nitrogen and oxygen atoms in total. The third-order valence-electron chi connectivity index (χ3n) is 4.07. The summed E-state index contributed by atoms with van der Waals surface area (Å²) in [5.74, 6) is -0.575. The van der Waals surface area contributed by atoms with Crippen molar-refractivity contribution in [3.8, 4) is 0 Å². The number of nitrogens with one attached hydrogen (secondary N) is 2. The van der Waals surface area contributed by atoms with Crippen molar-refractivity contribution in [1.29, 1.82) is 0 Å². The second-order valence-electron chi connectivity index (χ2n) is 6.13. The quantitative estimate of drug-likeness (QED) is 0.694. The molecule has 0 bridgehead atoms. The number of nitrogens with zero attached hydrogens (tertiary/aromatic N) is 1. The number of hydrogen-bond acceptors (Lipinski definition) is 4. The Morgan fingerprint density at radius 3 is 2.44 bits per heavy atom. The summed E-state index contributed by atoms with van der Waals surface area (Å²) in [5, 5.41) is 7.60. The van der Waals surface area contributed by atoms with Crippen LogP contribution in [0.5, 0.6) is 0 Å². The zero-order chi connectivity index (χ0) is 19.6. The molecule has 0 radical (unpaired) electrons. The van der Waals surface area contributed by atoms with Crippen LogP contribution in [0.1, 0.15) is 36.8 Å². The molecule has 3 amide bonds. The standard InChI is InChI=1S/C20H25N3O3S/c1-3-23(14-19(25)21-13-17-10-7-11-27-17)20(26)12-18(22-15(2)24)16-8-5-4-6-9-16/h4-11,18H,3,12-14H2,1-2H3,(H,21,25)(H,22,24)/t18-/m0/s1. The van der Waals surface area contributed by atoms with E-state index < -0.39 is 6.04 Å². The van der Waals surface area contributed by atoms with Crippen molar-refractivity contribution < 1.29 is 14.4 Å². The van der Waals surface area contributed by atoms with E-state index in [9.17, 15) is 14.4 Å². The van der Waals surface area contributed by atoms with Gasteiger partial charge in [0.1, 0.15) is 0 Å². The summed E-state index contributed by atoms with van der Waals surface area (Å²) < 4.78 is 0. The Kier molecular flexibility index (Phi) is 8.00. The average molecular weight is 388 g/mol. The second-order valence-corrected chi connectivity index (χ2v) is 7.16. The molecule has 27 heavy (non-hydrogen) atoms. The van der Waals surface area contributed by atoms with Crippen LogP contribution >= 0.6 is 11.3 Å². The number of rotatable bonds is 9. The maximum Gasteiger partial charge on any atom is 0.239 e. The predicted octanol–water partition coefficient (Wildman–Crippen LogP) is 2.48. The molecule has 0 fully saturated rings. The topological polar surface area (TPSA) is 78.5 Å². The molecule has 7 heteroatoms. The van der Waals surface area contributed by atoms with Gasteiger partial charge in [-0.2, -0.15) is 0 Å². The molecule has 1 atom stereocenters. The second kappa shape index (κ2) is 10.5. The van der Waals surface area contributed by atoms with Crippen molar-refractivity contribution in [2.75, 3.05) is 13.1 Å². The van der Waals surface area contributed by atoms with Gasteiger partial charge in [-0.05, 0) is 23.9 Å². The summed E-state index contributed by atoms with van der Waals surface area (Å²) in [4.78, 5) is 39.0. The number of likely N-dealkylation sites (N-methyl/N-ethyl adjacent to an activating group) is 1. The molecule has 0 spiro atoms. The highest BCUT2D eigenvalue weighted by Crippen LogP contribution is 2.18. The molecule has 2 rings (SSSR count). The number of amides is 3. The Hall–Kier alpha value is -2.67. The first-order chi connectivity index (χ1) is 13.0. The van der Waals surface area contributed by atoms with Gasteiger partial charge in [-0.25, -0.2) is 0 Å². The van der Waals surface area contributed by atoms with Crippen molar-refractivity contribution in [2.24, 2.45) is 0 Å². The molecule has 0 unspecified atom stereocenters. The van der Waals surface area contributed by atoms with Crippen LogP contribution in [0.2, 0.25) is 0 Å². The van der Waals surface area contributed by atoms with E-state index in [2.05, 4.69) is 10.6 Å². The van der Waals surface area contributed by atoms with Crippen molar-refractivity contribution >= 4 is 29.1 Å².